The van der Waals surface area contributed by atoms with Gasteiger partial charge in [0.2, 0.25) is 0 Å². The molecule has 0 radical (unpaired) electrons. The lowest BCUT2D eigenvalue weighted by Crippen LogP contribution is -2.11. The smallest absolute Gasteiger partial charge is 0.358 e. The van der Waals surface area contributed by atoms with Crippen molar-refractivity contribution >= 4 is 23.3 Å². The Morgan fingerprint density at radius 3 is 2.96 bits per heavy atom. The van der Waals surface area contributed by atoms with Gasteiger partial charge in [-0.25, -0.2) is 9.48 Å². The lowest BCUT2D eigenvalue weighted by atomic mass is 9.94. The maximum Gasteiger partial charge on any atom is 0.358 e. The van der Waals surface area contributed by atoms with Crippen LogP contribution in [0.2, 0.25) is 5.02 Å². The van der Waals surface area contributed by atoms with Crippen molar-refractivity contribution in [3.8, 4) is 5.69 Å². The molecule has 5 nitrogen and oxygen atoms in total. The molecule has 0 N–H and O–H groups in total. The quantitative estimate of drug-likeness (QED) is 0.769. The topological polar surface area (TPSA) is 56.5 Å². The van der Waals surface area contributed by atoms with Gasteiger partial charge in [-0.2, -0.15) is 5.10 Å². The average molecular weight is 354 g/mol. The van der Waals surface area contributed by atoms with Gasteiger partial charge in [0.15, 0.2) is 5.69 Å². The molecule has 0 unspecified atom stereocenters. The number of hydrogen-bond donors (Lipinski definition) is 0. The maximum atomic E-state index is 11.8. The zero-order valence-electron chi connectivity index (χ0n) is 13.7. The van der Waals surface area contributed by atoms with E-state index in [2.05, 4.69) is 23.3 Å². The summed E-state index contributed by atoms with van der Waals surface area (Å²) in [5.74, 6) is -0.458. The predicted molar refractivity (Wildman–Crippen MR) is 96.6 cm³/mol. The maximum absolute atomic E-state index is 11.8. The standard InChI is InChI=1S/C19H16ClN3O2/c1-25-19(24)16-10-14-11-21-18(12-5-3-2-4-6-12)15-9-13(20)7-8-17(15)23(14)22-16/h2-3,5,7-10H,4,6,11H2,1H3. The number of halogens is 1. The third-order valence-corrected chi connectivity index (χ3v) is 4.57. The Hall–Kier alpha value is -2.66. The van der Waals surface area contributed by atoms with E-state index in [4.69, 9.17) is 21.3 Å². The van der Waals surface area contributed by atoms with Gasteiger partial charge in [0.1, 0.15) is 0 Å². The fourth-order valence-corrected chi connectivity index (χ4v) is 3.32. The molecule has 6 heteroatoms. The fourth-order valence-electron chi connectivity index (χ4n) is 3.15. The summed E-state index contributed by atoms with van der Waals surface area (Å²) in [6.07, 6.45) is 8.24. The molecular weight excluding hydrogens is 338 g/mol. The second-order valence-corrected chi connectivity index (χ2v) is 6.35. The molecule has 2 aromatic rings. The third kappa shape index (κ3) is 2.81. The molecular formula is C19H16ClN3O2. The van der Waals surface area contributed by atoms with Gasteiger partial charge in [-0.05, 0) is 42.7 Å². The molecule has 1 aliphatic carbocycles. The van der Waals surface area contributed by atoms with Crippen LogP contribution in [0.1, 0.15) is 34.6 Å². The van der Waals surface area contributed by atoms with Crippen LogP contribution in [0.15, 0.2) is 53.1 Å². The molecule has 0 amide bonds. The van der Waals surface area contributed by atoms with Crippen LogP contribution in [0.3, 0.4) is 0 Å². The number of carbonyl (C=O) groups is 1. The molecule has 1 aromatic heterocycles. The zero-order chi connectivity index (χ0) is 17.4. The van der Waals surface area contributed by atoms with Crippen molar-refractivity contribution in [3.63, 3.8) is 0 Å². The highest BCUT2D eigenvalue weighted by atomic mass is 35.5. The second kappa shape index (κ2) is 6.33. The number of allylic oxidation sites excluding steroid dienone is 4. The molecule has 0 fully saturated rings. The number of methoxy groups -OCH3 is 1. The number of ether oxygens (including phenoxy) is 1. The highest BCUT2D eigenvalue weighted by Gasteiger charge is 2.23. The lowest BCUT2D eigenvalue weighted by Gasteiger charge is -2.15. The fraction of sp³-hybridized carbons (Fsp3) is 0.211. The van der Waals surface area contributed by atoms with E-state index in [-0.39, 0.29) is 5.69 Å². The molecule has 2 aliphatic rings. The number of hydrogen-bond acceptors (Lipinski definition) is 4. The van der Waals surface area contributed by atoms with E-state index in [0.29, 0.717) is 11.6 Å². The van der Waals surface area contributed by atoms with Crippen molar-refractivity contribution in [2.75, 3.05) is 7.11 Å². The molecule has 126 valence electrons. The normalized spacial score (nSPS) is 15.6. The number of carbonyl (C=O) groups excluding carboxylic acids is 1. The molecule has 0 spiro atoms. The van der Waals surface area contributed by atoms with E-state index in [1.807, 2.05) is 18.2 Å². The van der Waals surface area contributed by atoms with Gasteiger partial charge < -0.3 is 4.74 Å². The molecule has 0 bridgehead atoms. The number of rotatable bonds is 2. The van der Waals surface area contributed by atoms with Gasteiger partial charge in [0.25, 0.3) is 0 Å². The third-order valence-electron chi connectivity index (χ3n) is 4.34. The first-order valence-corrected chi connectivity index (χ1v) is 8.43. The molecule has 1 aliphatic heterocycles. The Kier molecular flexibility index (Phi) is 4.01. The first-order chi connectivity index (χ1) is 12.2. The van der Waals surface area contributed by atoms with Gasteiger partial charge in [-0.15, -0.1) is 0 Å². The van der Waals surface area contributed by atoms with Crippen LogP contribution in [0.25, 0.3) is 5.69 Å². The van der Waals surface area contributed by atoms with Gasteiger partial charge in [0, 0.05) is 10.6 Å². The minimum absolute atomic E-state index is 0.275. The van der Waals surface area contributed by atoms with Crippen LogP contribution in [0.4, 0.5) is 0 Å². The monoisotopic (exact) mass is 353 g/mol. The van der Waals surface area contributed by atoms with E-state index < -0.39 is 5.97 Å². The number of fused-ring (bicyclic) bond motifs is 3. The Bertz CT molecular complexity index is 954. The summed E-state index contributed by atoms with van der Waals surface area (Å²) < 4.78 is 6.54. The summed E-state index contributed by atoms with van der Waals surface area (Å²) in [4.78, 5) is 16.6. The van der Waals surface area contributed by atoms with E-state index in [1.165, 1.54) is 12.7 Å². The van der Waals surface area contributed by atoms with Crippen molar-refractivity contribution in [2.24, 2.45) is 4.99 Å². The van der Waals surface area contributed by atoms with Crippen molar-refractivity contribution in [3.05, 3.63) is 70.0 Å². The van der Waals surface area contributed by atoms with Crippen molar-refractivity contribution in [1.82, 2.24) is 9.78 Å². The number of nitrogens with zero attached hydrogens (tertiary/aromatic N) is 3. The van der Waals surface area contributed by atoms with Gasteiger partial charge in [0.05, 0.1) is 30.7 Å². The lowest BCUT2D eigenvalue weighted by molar-refractivity contribution is 0.0593. The molecule has 0 saturated heterocycles. The molecule has 0 saturated carbocycles. The van der Waals surface area contributed by atoms with Gasteiger partial charge >= 0.3 is 5.97 Å². The van der Waals surface area contributed by atoms with Crippen LogP contribution >= 0.6 is 11.6 Å². The van der Waals surface area contributed by atoms with Crippen LogP contribution < -0.4 is 0 Å². The van der Waals surface area contributed by atoms with Crippen molar-refractivity contribution in [2.45, 2.75) is 19.4 Å². The SMILES string of the molecule is COC(=O)c1cc2n(n1)-c1ccc(Cl)cc1C(C1=CC=CCC1)=NC2. The van der Waals surface area contributed by atoms with Crippen LogP contribution in [-0.2, 0) is 11.3 Å². The highest BCUT2D eigenvalue weighted by molar-refractivity contribution is 6.31. The Labute approximate surface area is 150 Å². The molecule has 2 heterocycles. The minimum atomic E-state index is -0.458. The summed E-state index contributed by atoms with van der Waals surface area (Å²) in [5, 5.41) is 5.07. The van der Waals surface area contributed by atoms with E-state index >= 15 is 0 Å². The largest absolute Gasteiger partial charge is 0.464 e. The van der Waals surface area contributed by atoms with Crippen LogP contribution in [0.5, 0.6) is 0 Å². The average Bonchev–Trinajstić information content (AvgIpc) is 3.00. The molecule has 4 rings (SSSR count). The Morgan fingerprint density at radius 2 is 2.20 bits per heavy atom. The van der Waals surface area contributed by atoms with E-state index in [1.54, 1.807) is 10.7 Å². The molecule has 1 aromatic carbocycles. The number of benzene rings is 1. The minimum Gasteiger partial charge on any atom is -0.464 e. The van der Waals surface area contributed by atoms with Gasteiger partial charge in [-0.1, -0.05) is 29.8 Å². The summed E-state index contributed by atoms with van der Waals surface area (Å²) >= 11 is 6.25. The van der Waals surface area contributed by atoms with Crippen molar-refractivity contribution < 1.29 is 9.53 Å². The number of aliphatic imine (C=N–C) groups is 1. The molecule has 0 atom stereocenters. The first kappa shape index (κ1) is 15.8. The van der Waals surface area contributed by atoms with E-state index in [0.717, 1.165) is 35.5 Å². The van der Waals surface area contributed by atoms with Gasteiger partial charge in [-0.3, -0.25) is 4.99 Å². The summed E-state index contributed by atoms with van der Waals surface area (Å²) in [5.41, 5.74) is 5.02. The predicted octanol–water partition coefficient (Wildman–Crippen LogP) is 3.89. The summed E-state index contributed by atoms with van der Waals surface area (Å²) in [6, 6.07) is 7.37. The van der Waals surface area contributed by atoms with Crippen LogP contribution in [0, 0.1) is 0 Å². The summed E-state index contributed by atoms with van der Waals surface area (Å²) in [7, 11) is 1.35. The number of esters is 1. The number of aromatic nitrogens is 2. The zero-order valence-corrected chi connectivity index (χ0v) is 14.5. The summed E-state index contributed by atoms with van der Waals surface area (Å²) in [6.45, 7) is 0.437. The molecule has 25 heavy (non-hydrogen) atoms. The Balaban J connectivity index is 1.89. The van der Waals surface area contributed by atoms with Crippen molar-refractivity contribution in [1.29, 1.82) is 0 Å². The van der Waals surface area contributed by atoms with Crippen LogP contribution in [-0.4, -0.2) is 28.6 Å². The highest BCUT2D eigenvalue weighted by Crippen LogP contribution is 2.29. The Morgan fingerprint density at radius 1 is 1.32 bits per heavy atom. The van der Waals surface area contributed by atoms with E-state index in [9.17, 15) is 4.79 Å². The first-order valence-electron chi connectivity index (χ1n) is 8.05. The second-order valence-electron chi connectivity index (χ2n) is 5.91.